The number of carbonyl (C=O) groups is 3. The van der Waals surface area contributed by atoms with Crippen molar-refractivity contribution in [3.8, 4) is 0 Å². The third-order valence-corrected chi connectivity index (χ3v) is 6.04. The molecule has 1 unspecified atom stereocenters. The topological polar surface area (TPSA) is 95.7 Å². The number of amides is 3. The second-order valence-electron chi connectivity index (χ2n) is 7.85. The summed E-state index contributed by atoms with van der Waals surface area (Å²) in [5.74, 6) is -0.107. The van der Waals surface area contributed by atoms with Crippen molar-refractivity contribution in [1.82, 2.24) is 15.1 Å². The van der Waals surface area contributed by atoms with E-state index < -0.39 is 6.04 Å². The number of nitrogens with two attached hydrogens (primary N) is 1. The lowest BCUT2D eigenvalue weighted by Crippen LogP contribution is -2.52. The molecule has 3 aliphatic heterocycles. The number of hydrogen-bond acceptors (Lipinski definition) is 5. The highest BCUT2D eigenvalue weighted by Gasteiger charge is 2.39. The van der Waals surface area contributed by atoms with Crippen molar-refractivity contribution in [3.63, 3.8) is 0 Å². The summed E-state index contributed by atoms with van der Waals surface area (Å²) in [6.07, 6.45) is 2.93. The average molecular weight is 370 g/mol. The largest absolute Gasteiger partial charge is 0.330 e. The molecule has 0 spiro atoms. The molecule has 27 heavy (non-hydrogen) atoms. The van der Waals surface area contributed by atoms with Gasteiger partial charge in [0, 0.05) is 25.1 Å². The van der Waals surface area contributed by atoms with Crippen molar-refractivity contribution in [3.05, 3.63) is 34.9 Å². The zero-order valence-electron chi connectivity index (χ0n) is 15.4. The quantitative estimate of drug-likeness (QED) is 0.758. The first kappa shape index (κ1) is 18.1. The predicted octanol–water partition coefficient (Wildman–Crippen LogP) is 0.618. The maximum atomic E-state index is 12.9. The van der Waals surface area contributed by atoms with Crippen LogP contribution in [0.4, 0.5) is 0 Å². The molecule has 2 saturated heterocycles. The number of likely N-dealkylation sites (tertiary alicyclic amines) is 1. The minimum atomic E-state index is -0.554. The van der Waals surface area contributed by atoms with E-state index in [-0.39, 0.29) is 24.1 Å². The Hall–Kier alpha value is -2.25. The van der Waals surface area contributed by atoms with Gasteiger partial charge < -0.3 is 10.6 Å². The molecule has 0 saturated carbocycles. The molecular formula is C20H26N4O3. The lowest BCUT2D eigenvalue weighted by atomic mass is 9.96. The standard InChI is InChI=1S/C20H26N4O3/c21-10-13-5-7-23(8-6-13)11-14-1-2-15-12-24(20(27)16(15)9-14)17-3-4-18(25)22-19(17)26/h1-2,9,13,17H,3-8,10-12,21H2,(H,22,25,26). The molecule has 0 radical (unpaired) electrons. The average Bonchev–Trinajstić information content (AvgIpc) is 2.99. The summed E-state index contributed by atoms with van der Waals surface area (Å²) in [6.45, 7) is 4.10. The number of imide groups is 1. The number of fused-ring (bicyclic) bond motifs is 1. The molecule has 0 aliphatic carbocycles. The van der Waals surface area contributed by atoms with Gasteiger partial charge in [-0.05, 0) is 62.0 Å². The van der Waals surface area contributed by atoms with Crippen LogP contribution in [0.25, 0.3) is 0 Å². The van der Waals surface area contributed by atoms with Gasteiger partial charge in [0.1, 0.15) is 6.04 Å². The number of carbonyl (C=O) groups excluding carboxylic acids is 3. The second kappa shape index (κ2) is 7.40. The van der Waals surface area contributed by atoms with Crippen LogP contribution in [0.15, 0.2) is 18.2 Å². The Labute approximate surface area is 158 Å². The number of nitrogens with one attached hydrogen (secondary N) is 1. The Kier molecular flexibility index (Phi) is 4.97. The van der Waals surface area contributed by atoms with Crippen LogP contribution in [0, 0.1) is 5.92 Å². The maximum Gasteiger partial charge on any atom is 0.255 e. The summed E-state index contributed by atoms with van der Waals surface area (Å²) in [6, 6.07) is 5.50. The van der Waals surface area contributed by atoms with Gasteiger partial charge in [-0.25, -0.2) is 0 Å². The van der Waals surface area contributed by atoms with Gasteiger partial charge >= 0.3 is 0 Å². The minimum absolute atomic E-state index is 0.108. The van der Waals surface area contributed by atoms with E-state index in [9.17, 15) is 14.4 Å². The molecule has 2 fully saturated rings. The van der Waals surface area contributed by atoms with Crippen LogP contribution in [0.5, 0.6) is 0 Å². The number of nitrogens with zero attached hydrogens (tertiary/aromatic N) is 2. The van der Waals surface area contributed by atoms with Gasteiger partial charge in [-0.2, -0.15) is 0 Å². The molecule has 1 aromatic carbocycles. The number of rotatable bonds is 4. The molecule has 0 aromatic heterocycles. The van der Waals surface area contributed by atoms with Crippen molar-refractivity contribution < 1.29 is 14.4 Å². The third kappa shape index (κ3) is 3.61. The smallest absolute Gasteiger partial charge is 0.255 e. The van der Waals surface area contributed by atoms with E-state index in [0.717, 1.165) is 50.1 Å². The molecule has 3 N–H and O–H groups in total. The van der Waals surface area contributed by atoms with Crippen molar-refractivity contribution in [1.29, 1.82) is 0 Å². The summed E-state index contributed by atoms with van der Waals surface area (Å²) in [4.78, 5) is 40.4. The van der Waals surface area contributed by atoms with Gasteiger partial charge in [-0.15, -0.1) is 0 Å². The molecule has 3 aliphatic rings. The first-order chi connectivity index (χ1) is 13.0. The summed E-state index contributed by atoms with van der Waals surface area (Å²) < 4.78 is 0. The first-order valence-electron chi connectivity index (χ1n) is 9.74. The van der Waals surface area contributed by atoms with E-state index >= 15 is 0 Å². The highest BCUT2D eigenvalue weighted by atomic mass is 16.2. The highest BCUT2D eigenvalue weighted by molar-refractivity contribution is 6.05. The molecule has 3 amide bonds. The fraction of sp³-hybridized carbons (Fsp3) is 0.550. The lowest BCUT2D eigenvalue weighted by molar-refractivity contribution is -0.136. The van der Waals surface area contributed by atoms with Crippen molar-refractivity contribution in [2.45, 2.75) is 44.8 Å². The van der Waals surface area contributed by atoms with Crippen LogP contribution in [0.1, 0.15) is 47.2 Å². The summed E-state index contributed by atoms with van der Waals surface area (Å²) in [5, 5.41) is 2.34. The van der Waals surface area contributed by atoms with Crippen LogP contribution in [-0.4, -0.2) is 53.2 Å². The van der Waals surface area contributed by atoms with Crippen LogP contribution in [0.2, 0.25) is 0 Å². The number of benzene rings is 1. The van der Waals surface area contributed by atoms with E-state index in [1.807, 2.05) is 12.1 Å². The predicted molar refractivity (Wildman–Crippen MR) is 99.5 cm³/mol. The third-order valence-electron chi connectivity index (χ3n) is 6.04. The Balaban J connectivity index is 1.44. The van der Waals surface area contributed by atoms with Crippen LogP contribution in [-0.2, 0) is 22.7 Å². The lowest BCUT2D eigenvalue weighted by Gasteiger charge is -2.31. The van der Waals surface area contributed by atoms with Gasteiger partial charge in [0.25, 0.3) is 5.91 Å². The van der Waals surface area contributed by atoms with Gasteiger partial charge in [-0.3, -0.25) is 24.6 Å². The fourth-order valence-corrected chi connectivity index (χ4v) is 4.34. The molecule has 144 valence electrons. The van der Waals surface area contributed by atoms with Crippen LogP contribution >= 0.6 is 0 Å². The minimum Gasteiger partial charge on any atom is -0.330 e. The van der Waals surface area contributed by atoms with E-state index in [2.05, 4.69) is 16.3 Å². The van der Waals surface area contributed by atoms with Gasteiger partial charge in [0.15, 0.2) is 0 Å². The maximum absolute atomic E-state index is 12.9. The zero-order valence-corrected chi connectivity index (χ0v) is 15.4. The molecule has 7 heteroatoms. The van der Waals surface area contributed by atoms with Crippen LogP contribution in [0.3, 0.4) is 0 Å². The Morgan fingerprint density at radius 2 is 1.89 bits per heavy atom. The van der Waals surface area contributed by atoms with Gasteiger partial charge in [0.05, 0.1) is 0 Å². The molecule has 1 atom stereocenters. The molecule has 7 nitrogen and oxygen atoms in total. The summed E-state index contributed by atoms with van der Waals surface area (Å²) in [5.41, 5.74) is 8.53. The van der Waals surface area contributed by atoms with E-state index in [0.29, 0.717) is 24.4 Å². The molecular weight excluding hydrogens is 344 g/mol. The normalized spacial score (nSPS) is 24.3. The van der Waals surface area contributed by atoms with E-state index in [1.165, 1.54) is 0 Å². The SMILES string of the molecule is NCC1CCN(Cc2ccc3c(c2)C(=O)N(C2CCC(=O)NC2=O)C3)CC1. The van der Waals surface area contributed by atoms with Crippen molar-refractivity contribution >= 4 is 17.7 Å². The molecule has 4 rings (SSSR count). The summed E-state index contributed by atoms with van der Waals surface area (Å²) >= 11 is 0. The highest BCUT2D eigenvalue weighted by Crippen LogP contribution is 2.29. The Morgan fingerprint density at radius 1 is 1.11 bits per heavy atom. The number of hydrogen-bond donors (Lipinski definition) is 2. The molecule has 3 heterocycles. The van der Waals surface area contributed by atoms with E-state index in [4.69, 9.17) is 5.73 Å². The number of piperidine rings is 2. The monoisotopic (exact) mass is 370 g/mol. The molecule has 0 bridgehead atoms. The van der Waals surface area contributed by atoms with Gasteiger partial charge in [-0.1, -0.05) is 12.1 Å². The van der Waals surface area contributed by atoms with Crippen LogP contribution < -0.4 is 11.1 Å². The first-order valence-corrected chi connectivity index (χ1v) is 9.74. The fourth-order valence-electron chi connectivity index (χ4n) is 4.34. The molecule has 1 aromatic rings. The zero-order chi connectivity index (χ0) is 19.0. The van der Waals surface area contributed by atoms with Crippen molar-refractivity contribution in [2.75, 3.05) is 19.6 Å². The second-order valence-corrected chi connectivity index (χ2v) is 7.85. The Bertz CT molecular complexity index is 770. The van der Waals surface area contributed by atoms with E-state index in [1.54, 1.807) is 4.90 Å². The van der Waals surface area contributed by atoms with Gasteiger partial charge in [0.2, 0.25) is 11.8 Å². The summed E-state index contributed by atoms with van der Waals surface area (Å²) in [7, 11) is 0. The van der Waals surface area contributed by atoms with Crippen molar-refractivity contribution in [2.24, 2.45) is 11.7 Å². The Morgan fingerprint density at radius 3 is 2.59 bits per heavy atom.